The van der Waals surface area contributed by atoms with E-state index in [1.54, 1.807) is 0 Å². The number of hydrogen-bond acceptors (Lipinski definition) is 3. The van der Waals surface area contributed by atoms with Crippen LogP contribution in [0.4, 0.5) is 0 Å². The van der Waals surface area contributed by atoms with Crippen molar-refractivity contribution < 1.29 is 0 Å². The summed E-state index contributed by atoms with van der Waals surface area (Å²) in [4.78, 5) is 4.63. The van der Waals surface area contributed by atoms with Crippen molar-refractivity contribution in [1.29, 1.82) is 0 Å². The van der Waals surface area contributed by atoms with Crippen molar-refractivity contribution in [2.45, 2.75) is 50.6 Å². The molecule has 3 rings (SSSR count). The minimum absolute atomic E-state index is 0.813. The number of thioether (sulfide) groups is 1. The van der Waals surface area contributed by atoms with Crippen molar-refractivity contribution in [2.24, 2.45) is 5.92 Å². The number of benzene rings is 1. The molecular formula is C17H23N3S. The van der Waals surface area contributed by atoms with Gasteiger partial charge in [0.25, 0.3) is 0 Å². The van der Waals surface area contributed by atoms with Crippen LogP contribution in [0, 0.1) is 12.8 Å². The maximum Gasteiger partial charge on any atom is 0.183 e. The minimum Gasteiger partial charge on any atom is -0.254 e. The topological polar surface area (TPSA) is 41.6 Å². The third-order valence-electron chi connectivity index (χ3n) is 4.30. The lowest BCUT2D eigenvalue weighted by Gasteiger charge is -2.20. The zero-order valence-corrected chi connectivity index (χ0v) is 13.5. The van der Waals surface area contributed by atoms with Crippen molar-refractivity contribution in [2.75, 3.05) is 5.75 Å². The first kappa shape index (κ1) is 14.6. The molecule has 0 atom stereocenters. The van der Waals surface area contributed by atoms with Crippen LogP contribution in [0.15, 0.2) is 29.4 Å². The molecule has 0 unspecified atom stereocenters. The minimum atomic E-state index is 0.813. The first-order chi connectivity index (χ1) is 10.3. The van der Waals surface area contributed by atoms with Crippen LogP contribution < -0.4 is 0 Å². The molecule has 1 aliphatic rings. The van der Waals surface area contributed by atoms with Gasteiger partial charge in [-0.1, -0.05) is 55.3 Å². The summed E-state index contributed by atoms with van der Waals surface area (Å²) in [5, 5.41) is 8.42. The van der Waals surface area contributed by atoms with Gasteiger partial charge in [-0.3, -0.25) is 5.10 Å². The summed E-state index contributed by atoms with van der Waals surface area (Å²) >= 11 is 1.83. The SMILES string of the molecule is Cc1ccccc1Cc1n[nH]c(SCC2CCCCC2)n1. The molecule has 1 aromatic heterocycles. The lowest BCUT2D eigenvalue weighted by molar-refractivity contribution is 0.391. The Hall–Kier alpha value is -1.29. The summed E-state index contributed by atoms with van der Waals surface area (Å²) in [6, 6.07) is 8.44. The summed E-state index contributed by atoms with van der Waals surface area (Å²) in [7, 11) is 0. The molecule has 112 valence electrons. The van der Waals surface area contributed by atoms with Crippen molar-refractivity contribution in [3.05, 3.63) is 41.2 Å². The van der Waals surface area contributed by atoms with Gasteiger partial charge in [0.2, 0.25) is 0 Å². The molecule has 1 aliphatic carbocycles. The number of rotatable bonds is 5. The molecule has 4 heteroatoms. The van der Waals surface area contributed by atoms with E-state index in [0.717, 1.165) is 23.3 Å². The van der Waals surface area contributed by atoms with Gasteiger partial charge >= 0.3 is 0 Å². The molecule has 1 fully saturated rings. The second-order valence-corrected chi connectivity index (χ2v) is 6.98. The highest BCUT2D eigenvalue weighted by Gasteiger charge is 2.15. The average Bonchev–Trinajstić information content (AvgIpc) is 2.96. The van der Waals surface area contributed by atoms with Gasteiger partial charge < -0.3 is 0 Å². The summed E-state index contributed by atoms with van der Waals surface area (Å²) in [5.74, 6) is 2.95. The fourth-order valence-corrected chi connectivity index (χ4v) is 3.96. The maximum absolute atomic E-state index is 4.63. The van der Waals surface area contributed by atoms with E-state index in [4.69, 9.17) is 0 Å². The number of hydrogen-bond donors (Lipinski definition) is 1. The van der Waals surface area contributed by atoms with Gasteiger partial charge in [0, 0.05) is 12.2 Å². The summed E-state index contributed by atoms with van der Waals surface area (Å²) in [6.07, 6.45) is 7.81. The molecule has 0 aliphatic heterocycles. The molecule has 0 amide bonds. The first-order valence-corrected chi connectivity index (χ1v) is 8.88. The van der Waals surface area contributed by atoms with Gasteiger partial charge in [-0.25, -0.2) is 4.98 Å². The van der Waals surface area contributed by atoms with Crippen LogP contribution in [-0.4, -0.2) is 20.9 Å². The van der Waals surface area contributed by atoms with Gasteiger partial charge in [-0.2, -0.15) is 5.10 Å². The first-order valence-electron chi connectivity index (χ1n) is 7.90. The fourth-order valence-electron chi connectivity index (χ4n) is 2.95. The number of H-pyrrole nitrogens is 1. The van der Waals surface area contributed by atoms with Crippen LogP contribution in [0.25, 0.3) is 0 Å². The van der Waals surface area contributed by atoms with Crippen molar-refractivity contribution >= 4 is 11.8 Å². The second kappa shape index (κ2) is 7.12. The number of nitrogens with one attached hydrogen (secondary N) is 1. The molecule has 2 aromatic rings. The highest BCUT2D eigenvalue weighted by Crippen LogP contribution is 2.28. The number of aromatic nitrogens is 3. The van der Waals surface area contributed by atoms with E-state index in [-0.39, 0.29) is 0 Å². The van der Waals surface area contributed by atoms with Crippen LogP contribution in [0.5, 0.6) is 0 Å². The number of aromatic amines is 1. The van der Waals surface area contributed by atoms with Crippen molar-refractivity contribution in [3.63, 3.8) is 0 Å². The Kier molecular flexibility index (Phi) is 4.96. The Morgan fingerprint density at radius 3 is 2.81 bits per heavy atom. The van der Waals surface area contributed by atoms with Crippen LogP contribution in [0.3, 0.4) is 0 Å². The molecule has 0 saturated heterocycles. The molecule has 21 heavy (non-hydrogen) atoms. The van der Waals surface area contributed by atoms with Crippen LogP contribution in [0.2, 0.25) is 0 Å². The zero-order valence-electron chi connectivity index (χ0n) is 12.6. The highest BCUT2D eigenvalue weighted by atomic mass is 32.2. The zero-order chi connectivity index (χ0) is 14.5. The molecule has 0 spiro atoms. The number of aryl methyl sites for hydroxylation is 1. The fraction of sp³-hybridized carbons (Fsp3) is 0.529. The van der Waals surface area contributed by atoms with Crippen molar-refractivity contribution in [3.8, 4) is 0 Å². The average molecular weight is 301 g/mol. The Morgan fingerprint density at radius 2 is 2.00 bits per heavy atom. The van der Waals surface area contributed by atoms with Gasteiger partial charge in [-0.05, 0) is 36.8 Å². The van der Waals surface area contributed by atoms with Crippen LogP contribution in [0.1, 0.15) is 49.1 Å². The van der Waals surface area contributed by atoms with Gasteiger partial charge in [0.05, 0.1) is 0 Å². The van der Waals surface area contributed by atoms with Gasteiger partial charge in [0.15, 0.2) is 11.0 Å². The standard InChI is InChI=1S/C17H23N3S/c1-13-7-5-6-10-15(13)11-16-18-17(20-19-16)21-12-14-8-3-2-4-9-14/h5-7,10,14H,2-4,8-9,11-12H2,1H3,(H,18,19,20). The molecule has 1 saturated carbocycles. The van der Waals surface area contributed by atoms with E-state index >= 15 is 0 Å². The second-order valence-electron chi connectivity index (χ2n) is 5.98. The predicted octanol–water partition coefficient (Wildman–Crippen LogP) is 4.38. The van der Waals surface area contributed by atoms with E-state index in [0.29, 0.717) is 0 Å². The summed E-state index contributed by atoms with van der Waals surface area (Å²) in [6.45, 7) is 2.14. The highest BCUT2D eigenvalue weighted by molar-refractivity contribution is 7.99. The van der Waals surface area contributed by atoms with E-state index in [9.17, 15) is 0 Å². The van der Waals surface area contributed by atoms with E-state index in [2.05, 4.69) is 46.4 Å². The van der Waals surface area contributed by atoms with E-state index in [1.807, 2.05) is 11.8 Å². The molecule has 3 nitrogen and oxygen atoms in total. The van der Waals surface area contributed by atoms with Gasteiger partial charge in [-0.15, -0.1) is 0 Å². The van der Waals surface area contributed by atoms with E-state index in [1.165, 1.54) is 49.0 Å². The quantitative estimate of drug-likeness (QED) is 0.833. The number of nitrogens with zero attached hydrogens (tertiary/aromatic N) is 2. The summed E-state index contributed by atoms with van der Waals surface area (Å²) in [5.41, 5.74) is 2.61. The third-order valence-corrected chi connectivity index (χ3v) is 5.40. The van der Waals surface area contributed by atoms with Crippen LogP contribution in [-0.2, 0) is 6.42 Å². The monoisotopic (exact) mass is 301 g/mol. The Balaban J connectivity index is 1.55. The van der Waals surface area contributed by atoms with Crippen LogP contribution >= 0.6 is 11.8 Å². The Bertz CT molecular complexity index is 573. The normalized spacial score (nSPS) is 16.2. The van der Waals surface area contributed by atoms with Crippen molar-refractivity contribution in [1.82, 2.24) is 15.2 Å². The Morgan fingerprint density at radius 1 is 1.19 bits per heavy atom. The lowest BCUT2D eigenvalue weighted by Crippen LogP contribution is -2.08. The largest absolute Gasteiger partial charge is 0.254 e. The molecule has 1 N–H and O–H groups in total. The maximum atomic E-state index is 4.63. The molecule has 0 bridgehead atoms. The predicted molar refractivity (Wildman–Crippen MR) is 87.7 cm³/mol. The summed E-state index contributed by atoms with van der Waals surface area (Å²) < 4.78 is 0. The molecule has 1 aromatic carbocycles. The Labute approximate surface area is 131 Å². The lowest BCUT2D eigenvalue weighted by atomic mass is 9.91. The molecule has 0 radical (unpaired) electrons. The smallest absolute Gasteiger partial charge is 0.183 e. The van der Waals surface area contributed by atoms with E-state index < -0.39 is 0 Å². The molecular weight excluding hydrogens is 278 g/mol. The van der Waals surface area contributed by atoms with Gasteiger partial charge in [0.1, 0.15) is 0 Å². The third kappa shape index (κ3) is 4.10. The molecule has 1 heterocycles.